The molecule has 0 spiro atoms. The van der Waals surface area contributed by atoms with E-state index < -0.39 is 23.8 Å². The van der Waals surface area contributed by atoms with E-state index in [0.29, 0.717) is 12.5 Å². The smallest absolute Gasteiger partial charge is 0.408 e. The van der Waals surface area contributed by atoms with Crippen LogP contribution in [0, 0.1) is 23.2 Å². The first kappa shape index (κ1) is 21.9. The van der Waals surface area contributed by atoms with E-state index in [1.165, 1.54) is 7.11 Å². The fourth-order valence-corrected chi connectivity index (χ4v) is 5.37. The van der Waals surface area contributed by atoms with Gasteiger partial charge in [0.05, 0.1) is 7.11 Å². The number of likely N-dealkylation sites (tertiary alicyclic amines) is 1. The number of hydrogen-bond donors (Lipinski definition) is 1. The number of piperidine rings is 1. The lowest BCUT2D eigenvalue weighted by Gasteiger charge is -2.36. The van der Waals surface area contributed by atoms with Crippen LogP contribution >= 0.6 is 0 Å². The largest absolute Gasteiger partial charge is 0.467 e. The summed E-state index contributed by atoms with van der Waals surface area (Å²) < 4.78 is 10.5. The van der Waals surface area contributed by atoms with E-state index in [1.54, 1.807) is 25.7 Å². The van der Waals surface area contributed by atoms with Crippen molar-refractivity contribution in [2.24, 2.45) is 23.2 Å². The summed E-state index contributed by atoms with van der Waals surface area (Å²) in [6.07, 6.45) is 4.44. The maximum atomic E-state index is 13.6. The maximum Gasteiger partial charge on any atom is 0.408 e. The Hall–Kier alpha value is -1.79. The second-order valence-corrected chi connectivity index (χ2v) is 10.4. The second-order valence-electron chi connectivity index (χ2n) is 10.4. The van der Waals surface area contributed by atoms with Gasteiger partial charge in [-0.3, -0.25) is 4.79 Å². The fraction of sp³-hybridized carbons (Fsp3) is 0.864. The van der Waals surface area contributed by atoms with Crippen molar-refractivity contribution >= 4 is 18.0 Å². The quantitative estimate of drug-likeness (QED) is 0.723. The molecule has 4 atom stereocenters. The molecule has 2 aliphatic carbocycles. The third-order valence-corrected chi connectivity index (χ3v) is 6.99. The van der Waals surface area contributed by atoms with Gasteiger partial charge in [-0.15, -0.1) is 0 Å². The van der Waals surface area contributed by atoms with Crippen molar-refractivity contribution in [2.75, 3.05) is 13.7 Å². The zero-order valence-electron chi connectivity index (χ0n) is 18.6. The highest BCUT2D eigenvalue weighted by Crippen LogP contribution is 2.65. The van der Waals surface area contributed by atoms with Gasteiger partial charge in [0, 0.05) is 12.5 Å². The molecule has 0 bridgehead atoms. The zero-order valence-corrected chi connectivity index (χ0v) is 18.6. The molecule has 2 amide bonds. The molecule has 0 aromatic heterocycles. The highest BCUT2D eigenvalue weighted by Gasteiger charge is 2.70. The molecule has 1 N–H and O–H groups in total. The summed E-state index contributed by atoms with van der Waals surface area (Å²) in [5.41, 5.74) is -0.605. The lowest BCUT2D eigenvalue weighted by molar-refractivity contribution is -0.154. The molecule has 3 rings (SSSR count). The molecule has 2 saturated carbocycles. The number of esters is 1. The van der Waals surface area contributed by atoms with Crippen LogP contribution in [0.15, 0.2) is 0 Å². The molecule has 3 fully saturated rings. The number of rotatable bonds is 4. The van der Waals surface area contributed by atoms with Crippen LogP contribution in [0.25, 0.3) is 0 Å². The van der Waals surface area contributed by atoms with E-state index in [9.17, 15) is 14.4 Å². The van der Waals surface area contributed by atoms with Crippen molar-refractivity contribution in [3.05, 3.63) is 0 Å². The topological polar surface area (TPSA) is 84.9 Å². The first-order valence-electron chi connectivity index (χ1n) is 10.8. The third-order valence-electron chi connectivity index (χ3n) is 6.99. The van der Waals surface area contributed by atoms with Crippen LogP contribution in [0.3, 0.4) is 0 Å². The van der Waals surface area contributed by atoms with Crippen LogP contribution in [0.5, 0.6) is 0 Å². The molecule has 3 aliphatic rings. The first-order chi connectivity index (χ1) is 13.5. The van der Waals surface area contributed by atoms with Gasteiger partial charge in [0.2, 0.25) is 5.91 Å². The fourth-order valence-electron chi connectivity index (χ4n) is 5.37. The van der Waals surface area contributed by atoms with Crippen molar-refractivity contribution in [1.29, 1.82) is 0 Å². The van der Waals surface area contributed by atoms with Gasteiger partial charge in [-0.05, 0) is 50.9 Å². The molecule has 29 heavy (non-hydrogen) atoms. The van der Waals surface area contributed by atoms with Crippen LogP contribution in [0.2, 0.25) is 0 Å². The summed E-state index contributed by atoms with van der Waals surface area (Å²) in [5, 5.41) is 2.84. The molecule has 0 aromatic carbocycles. The third kappa shape index (κ3) is 4.38. The van der Waals surface area contributed by atoms with E-state index in [4.69, 9.17) is 9.47 Å². The summed E-state index contributed by atoms with van der Waals surface area (Å²) in [5.74, 6) is -0.0687. The highest BCUT2D eigenvalue weighted by molar-refractivity contribution is 5.91. The van der Waals surface area contributed by atoms with Gasteiger partial charge in [0.15, 0.2) is 0 Å². The van der Waals surface area contributed by atoms with Gasteiger partial charge in [-0.2, -0.15) is 0 Å². The molecular weight excluding hydrogens is 372 g/mol. The van der Waals surface area contributed by atoms with Crippen molar-refractivity contribution in [3.63, 3.8) is 0 Å². The highest BCUT2D eigenvalue weighted by atomic mass is 16.6. The van der Waals surface area contributed by atoms with E-state index in [0.717, 1.165) is 32.1 Å². The van der Waals surface area contributed by atoms with Gasteiger partial charge in [-0.1, -0.05) is 33.1 Å². The van der Waals surface area contributed by atoms with Crippen LogP contribution < -0.4 is 5.32 Å². The Morgan fingerprint density at radius 1 is 1.10 bits per heavy atom. The average molecular weight is 409 g/mol. The van der Waals surface area contributed by atoms with E-state index in [2.05, 4.69) is 19.2 Å². The number of nitrogens with one attached hydrogen (secondary N) is 1. The Bertz CT molecular complexity index is 663. The van der Waals surface area contributed by atoms with Crippen molar-refractivity contribution in [3.8, 4) is 0 Å². The second kappa shape index (κ2) is 7.80. The molecule has 1 aliphatic heterocycles. The number of carbonyl (C=O) groups excluding carboxylic acids is 3. The summed E-state index contributed by atoms with van der Waals surface area (Å²) in [6, 6.07) is -1.24. The summed E-state index contributed by atoms with van der Waals surface area (Å²) >= 11 is 0. The van der Waals surface area contributed by atoms with Crippen LogP contribution in [0.4, 0.5) is 4.79 Å². The molecule has 164 valence electrons. The predicted molar refractivity (Wildman–Crippen MR) is 108 cm³/mol. The van der Waals surface area contributed by atoms with E-state index in [1.807, 2.05) is 0 Å². The lowest BCUT2D eigenvalue weighted by atomic mass is 9.83. The van der Waals surface area contributed by atoms with Crippen LogP contribution in [-0.4, -0.2) is 54.2 Å². The minimum atomic E-state index is -0.669. The number of fused-ring (bicyclic) bond motifs is 1. The van der Waals surface area contributed by atoms with Crippen molar-refractivity contribution in [2.45, 2.75) is 84.4 Å². The van der Waals surface area contributed by atoms with Crippen LogP contribution in [-0.2, 0) is 19.1 Å². The van der Waals surface area contributed by atoms with E-state index in [-0.39, 0.29) is 29.1 Å². The average Bonchev–Trinajstić information content (AvgIpc) is 3.00. The number of nitrogens with zero attached hydrogens (tertiary/aromatic N) is 1. The van der Waals surface area contributed by atoms with Gasteiger partial charge >= 0.3 is 12.1 Å². The molecular formula is C22H36N2O5. The number of ether oxygens (including phenoxy) is 2. The molecule has 1 heterocycles. The maximum absolute atomic E-state index is 13.6. The van der Waals surface area contributed by atoms with Crippen molar-refractivity contribution in [1.82, 2.24) is 10.2 Å². The number of hydrogen-bond acceptors (Lipinski definition) is 5. The zero-order chi connectivity index (χ0) is 21.6. The molecule has 0 aromatic rings. The number of alkyl carbamates (subject to hydrolysis) is 1. The minimum Gasteiger partial charge on any atom is -0.467 e. The number of amides is 2. The summed E-state index contributed by atoms with van der Waals surface area (Å²) in [4.78, 5) is 40.3. The Balaban J connectivity index is 1.80. The summed E-state index contributed by atoms with van der Waals surface area (Å²) in [7, 11) is 1.37. The van der Waals surface area contributed by atoms with E-state index >= 15 is 0 Å². The van der Waals surface area contributed by atoms with Crippen LogP contribution in [0.1, 0.15) is 66.7 Å². The number of methoxy groups -OCH3 is 1. The van der Waals surface area contributed by atoms with Gasteiger partial charge in [0.25, 0.3) is 0 Å². The Morgan fingerprint density at radius 3 is 2.28 bits per heavy atom. The molecule has 7 nitrogen and oxygen atoms in total. The van der Waals surface area contributed by atoms with Gasteiger partial charge in [0.1, 0.15) is 17.7 Å². The first-order valence-corrected chi connectivity index (χ1v) is 10.8. The minimum absolute atomic E-state index is 0.0363. The SMILES string of the molecule is COC(=O)[C@@H]1[C@@H]2[C@H](CN1C(=O)C(NC(=O)OC(C)(C)C)C1CCCCC1)C2(C)C. The molecule has 1 unspecified atom stereocenters. The Morgan fingerprint density at radius 2 is 1.72 bits per heavy atom. The molecule has 1 saturated heterocycles. The van der Waals surface area contributed by atoms with Gasteiger partial charge < -0.3 is 19.7 Å². The number of carbonyl (C=O) groups is 3. The monoisotopic (exact) mass is 408 g/mol. The lowest BCUT2D eigenvalue weighted by Crippen LogP contribution is -2.57. The molecule has 0 radical (unpaired) electrons. The van der Waals surface area contributed by atoms with Gasteiger partial charge in [-0.25, -0.2) is 9.59 Å². The Kier molecular flexibility index (Phi) is 5.89. The summed E-state index contributed by atoms with van der Waals surface area (Å²) in [6.45, 7) is 10.2. The Labute approximate surface area is 173 Å². The predicted octanol–water partition coefficient (Wildman–Crippen LogP) is 3.12. The molecule has 7 heteroatoms. The standard InChI is InChI=1S/C22H36N2O5/c1-21(2,3)29-20(27)23-16(13-10-8-7-9-11-13)18(25)24-12-14-15(22(14,4)5)17(24)19(26)28-6/h13-17H,7-12H2,1-6H3,(H,23,27)/t14-,15-,16?,17-/m0/s1. The normalized spacial score (nSPS) is 29.6. The van der Waals surface area contributed by atoms with Crippen molar-refractivity contribution < 1.29 is 23.9 Å².